The highest BCUT2D eigenvalue weighted by Gasteiger charge is 2.10. The van der Waals surface area contributed by atoms with Gasteiger partial charge in [-0.3, -0.25) is 0 Å². The molecule has 0 saturated carbocycles. The lowest BCUT2D eigenvalue weighted by Gasteiger charge is -2.04. The van der Waals surface area contributed by atoms with E-state index in [-0.39, 0.29) is 5.28 Å². The SMILES string of the molecule is COc1cccc(Sc2nc(Cl)nc3nc[nH]c23)c1. The molecule has 5 nitrogen and oxygen atoms in total. The Balaban J connectivity index is 2.02. The van der Waals surface area contributed by atoms with Crippen LogP contribution in [0.25, 0.3) is 11.2 Å². The van der Waals surface area contributed by atoms with Crippen molar-refractivity contribution in [3.63, 3.8) is 0 Å². The molecule has 0 radical (unpaired) electrons. The Morgan fingerprint density at radius 3 is 3.05 bits per heavy atom. The van der Waals surface area contributed by atoms with Gasteiger partial charge in [-0.1, -0.05) is 17.8 Å². The zero-order chi connectivity index (χ0) is 13.2. The van der Waals surface area contributed by atoms with Crippen LogP contribution in [-0.4, -0.2) is 27.0 Å². The van der Waals surface area contributed by atoms with E-state index in [2.05, 4.69) is 19.9 Å². The van der Waals surface area contributed by atoms with Crippen molar-refractivity contribution in [2.45, 2.75) is 9.92 Å². The molecule has 0 aliphatic rings. The maximum absolute atomic E-state index is 5.89. The maximum atomic E-state index is 5.89. The number of fused-ring (bicyclic) bond motifs is 1. The molecule has 0 fully saturated rings. The number of methoxy groups -OCH3 is 1. The number of rotatable bonds is 3. The molecule has 7 heteroatoms. The number of nitrogens with zero attached hydrogens (tertiary/aromatic N) is 3. The van der Waals surface area contributed by atoms with Crippen molar-refractivity contribution in [2.75, 3.05) is 7.11 Å². The summed E-state index contributed by atoms with van der Waals surface area (Å²) in [7, 11) is 1.64. The second-order valence-corrected chi connectivity index (χ2v) is 5.08. The highest BCUT2D eigenvalue weighted by atomic mass is 35.5. The van der Waals surface area contributed by atoms with Crippen LogP contribution >= 0.6 is 23.4 Å². The molecule has 3 aromatic rings. The molecule has 0 amide bonds. The van der Waals surface area contributed by atoms with Crippen LogP contribution < -0.4 is 4.74 Å². The van der Waals surface area contributed by atoms with Gasteiger partial charge in [0.2, 0.25) is 5.28 Å². The summed E-state index contributed by atoms with van der Waals surface area (Å²) >= 11 is 7.37. The number of hydrogen-bond donors (Lipinski definition) is 1. The maximum Gasteiger partial charge on any atom is 0.225 e. The first-order valence-corrected chi connectivity index (χ1v) is 6.64. The average molecular weight is 293 g/mol. The highest BCUT2D eigenvalue weighted by molar-refractivity contribution is 7.99. The van der Waals surface area contributed by atoms with Gasteiger partial charge < -0.3 is 9.72 Å². The summed E-state index contributed by atoms with van der Waals surface area (Å²) in [5.41, 5.74) is 1.34. The number of hydrogen-bond acceptors (Lipinski definition) is 5. The minimum atomic E-state index is 0.185. The Kier molecular flexibility index (Phi) is 3.27. The number of aromatic nitrogens is 4. The molecule has 0 atom stereocenters. The van der Waals surface area contributed by atoms with Crippen LogP contribution in [0.5, 0.6) is 5.75 Å². The summed E-state index contributed by atoms with van der Waals surface area (Å²) < 4.78 is 5.20. The molecule has 3 rings (SSSR count). The van der Waals surface area contributed by atoms with E-state index in [9.17, 15) is 0 Å². The fourth-order valence-electron chi connectivity index (χ4n) is 1.63. The van der Waals surface area contributed by atoms with Crippen molar-refractivity contribution >= 4 is 34.5 Å². The lowest BCUT2D eigenvalue weighted by atomic mass is 10.3. The van der Waals surface area contributed by atoms with E-state index in [1.54, 1.807) is 13.4 Å². The fourth-order valence-corrected chi connectivity index (χ4v) is 2.78. The summed E-state index contributed by atoms with van der Waals surface area (Å²) in [5.74, 6) is 0.797. The van der Waals surface area contributed by atoms with E-state index in [0.717, 1.165) is 21.2 Å². The number of halogens is 1. The Morgan fingerprint density at radius 1 is 1.32 bits per heavy atom. The summed E-state index contributed by atoms with van der Waals surface area (Å²) in [6.45, 7) is 0. The molecule has 0 saturated heterocycles. The predicted octanol–water partition coefficient (Wildman–Crippen LogP) is 3.17. The third-order valence-electron chi connectivity index (χ3n) is 2.48. The van der Waals surface area contributed by atoms with Crippen LogP contribution in [-0.2, 0) is 0 Å². The van der Waals surface area contributed by atoms with Crippen LogP contribution in [0, 0.1) is 0 Å². The second-order valence-electron chi connectivity index (χ2n) is 3.68. The van der Waals surface area contributed by atoms with Crippen LogP contribution in [0.1, 0.15) is 0 Å². The highest BCUT2D eigenvalue weighted by Crippen LogP contribution is 2.32. The largest absolute Gasteiger partial charge is 0.497 e. The van der Waals surface area contributed by atoms with Gasteiger partial charge in [-0.15, -0.1) is 0 Å². The molecule has 1 aromatic carbocycles. The van der Waals surface area contributed by atoms with Gasteiger partial charge in [0.25, 0.3) is 0 Å². The predicted molar refractivity (Wildman–Crippen MR) is 73.8 cm³/mol. The molecular formula is C12H9ClN4OS. The molecular weight excluding hydrogens is 284 g/mol. The smallest absolute Gasteiger partial charge is 0.225 e. The molecule has 0 aliphatic heterocycles. The summed E-state index contributed by atoms with van der Waals surface area (Å²) in [5, 5.41) is 0.922. The van der Waals surface area contributed by atoms with Gasteiger partial charge in [0, 0.05) is 4.90 Å². The number of imidazole rings is 1. The number of ether oxygens (including phenoxy) is 1. The van der Waals surface area contributed by atoms with Crippen LogP contribution in [0.15, 0.2) is 40.5 Å². The average Bonchev–Trinajstić information content (AvgIpc) is 2.87. The van der Waals surface area contributed by atoms with Gasteiger partial charge in [0.1, 0.15) is 16.3 Å². The van der Waals surface area contributed by atoms with Gasteiger partial charge in [-0.2, -0.15) is 4.98 Å². The van der Waals surface area contributed by atoms with Crippen molar-refractivity contribution in [3.8, 4) is 5.75 Å². The Labute approximate surface area is 118 Å². The van der Waals surface area contributed by atoms with Gasteiger partial charge in [0.15, 0.2) is 5.65 Å². The second kappa shape index (κ2) is 5.07. The molecule has 0 bridgehead atoms. The van der Waals surface area contributed by atoms with Crippen molar-refractivity contribution in [1.29, 1.82) is 0 Å². The minimum absolute atomic E-state index is 0.185. The number of aromatic amines is 1. The topological polar surface area (TPSA) is 63.7 Å². The first-order chi connectivity index (χ1) is 9.26. The molecule has 0 unspecified atom stereocenters. The van der Waals surface area contributed by atoms with Crippen LogP contribution in [0.4, 0.5) is 0 Å². The Hall–Kier alpha value is -1.79. The third-order valence-corrected chi connectivity index (χ3v) is 3.63. The zero-order valence-electron chi connectivity index (χ0n) is 9.92. The molecule has 96 valence electrons. The van der Waals surface area contributed by atoms with E-state index in [1.165, 1.54) is 11.8 Å². The van der Waals surface area contributed by atoms with Gasteiger partial charge in [0.05, 0.1) is 13.4 Å². The van der Waals surface area contributed by atoms with Crippen LogP contribution in [0.3, 0.4) is 0 Å². The third kappa shape index (κ3) is 2.50. The van der Waals surface area contributed by atoms with Crippen molar-refractivity contribution < 1.29 is 4.74 Å². The van der Waals surface area contributed by atoms with Crippen LogP contribution in [0.2, 0.25) is 5.28 Å². The van der Waals surface area contributed by atoms with Crippen molar-refractivity contribution in [2.24, 2.45) is 0 Å². The first-order valence-electron chi connectivity index (χ1n) is 5.45. The zero-order valence-corrected chi connectivity index (χ0v) is 11.5. The molecule has 19 heavy (non-hydrogen) atoms. The molecule has 0 spiro atoms. The molecule has 0 aliphatic carbocycles. The number of H-pyrrole nitrogens is 1. The molecule has 1 N–H and O–H groups in total. The summed E-state index contributed by atoms with van der Waals surface area (Å²) in [4.78, 5) is 16.4. The summed E-state index contributed by atoms with van der Waals surface area (Å²) in [6.07, 6.45) is 1.57. The first kappa shape index (κ1) is 12.3. The number of nitrogens with one attached hydrogen (secondary N) is 1. The Bertz CT molecular complexity index is 731. The Morgan fingerprint density at radius 2 is 2.21 bits per heavy atom. The molecule has 2 heterocycles. The van der Waals surface area contributed by atoms with E-state index in [4.69, 9.17) is 16.3 Å². The monoisotopic (exact) mass is 292 g/mol. The standard InChI is InChI=1S/C12H9ClN4OS/c1-18-7-3-2-4-8(5-7)19-11-9-10(15-6-14-9)16-12(13)17-11/h2-6H,1H3,(H,14,15,16,17). The normalized spacial score (nSPS) is 10.8. The fraction of sp³-hybridized carbons (Fsp3) is 0.0833. The van der Waals surface area contributed by atoms with Crippen molar-refractivity contribution in [1.82, 2.24) is 19.9 Å². The van der Waals surface area contributed by atoms with E-state index in [0.29, 0.717) is 5.65 Å². The lowest BCUT2D eigenvalue weighted by molar-refractivity contribution is 0.413. The van der Waals surface area contributed by atoms with Crippen molar-refractivity contribution in [3.05, 3.63) is 35.9 Å². The van der Waals surface area contributed by atoms with E-state index in [1.807, 2.05) is 24.3 Å². The van der Waals surface area contributed by atoms with Gasteiger partial charge in [-0.05, 0) is 29.8 Å². The molecule has 2 aromatic heterocycles. The minimum Gasteiger partial charge on any atom is -0.497 e. The van der Waals surface area contributed by atoms with Gasteiger partial charge >= 0.3 is 0 Å². The quantitative estimate of drug-likeness (QED) is 0.593. The van der Waals surface area contributed by atoms with E-state index < -0.39 is 0 Å². The lowest BCUT2D eigenvalue weighted by Crippen LogP contribution is -1.89. The number of benzene rings is 1. The van der Waals surface area contributed by atoms with Gasteiger partial charge in [-0.25, -0.2) is 9.97 Å². The summed E-state index contributed by atoms with van der Waals surface area (Å²) in [6, 6.07) is 7.73. The van der Waals surface area contributed by atoms with E-state index >= 15 is 0 Å².